The van der Waals surface area contributed by atoms with Crippen molar-refractivity contribution in [1.82, 2.24) is 0 Å². The molecule has 0 amide bonds. The summed E-state index contributed by atoms with van der Waals surface area (Å²) in [5.41, 5.74) is 2.90. The second kappa shape index (κ2) is 11.1. The molecule has 222 valence electrons. The number of ether oxygens (including phenoxy) is 1. The topological polar surface area (TPSA) is 26.3 Å². The molecule has 6 rings (SSSR count). The van der Waals surface area contributed by atoms with Gasteiger partial charge in [-0.15, -0.1) is 0 Å². The molecule has 0 bridgehead atoms. The van der Waals surface area contributed by atoms with E-state index in [0.717, 1.165) is 66.1 Å². The molecular formula is C38H58O2. The van der Waals surface area contributed by atoms with Crippen LogP contribution in [0.3, 0.4) is 0 Å². The predicted molar refractivity (Wildman–Crippen MR) is 165 cm³/mol. The highest BCUT2D eigenvalue weighted by molar-refractivity contribution is 5.89. The molecule has 5 aliphatic carbocycles. The van der Waals surface area contributed by atoms with Crippen molar-refractivity contribution >= 4 is 5.97 Å². The van der Waals surface area contributed by atoms with Crippen molar-refractivity contribution in [2.75, 3.05) is 0 Å². The molecule has 1 aromatic carbocycles. The molecule has 0 radical (unpaired) electrons. The number of carbonyl (C=O) groups excluding carboxylic acids is 1. The molecule has 0 spiro atoms. The van der Waals surface area contributed by atoms with E-state index in [0.29, 0.717) is 16.4 Å². The van der Waals surface area contributed by atoms with Crippen LogP contribution in [0, 0.1) is 71.0 Å². The lowest BCUT2D eigenvalue weighted by molar-refractivity contribution is -0.156. The summed E-state index contributed by atoms with van der Waals surface area (Å²) in [7, 11) is 0. The third kappa shape index (κ3) is 5.21. The molecule has 5 fully saturated rings. The predicted octanol–water partition coefficient (Wildman–Crippen LogP) is 10.3. The first-order chi connectivity index (χ1) is 19.1. The number of benzene rings is 1. The summed E-state index contributed by atoms with van der Waals surface area (Å²) >= 11 is 0. The van der Waals surface area contributed by atoms with E-state index < -0.39 is 0 Å². The van der Waals surface area contributed by atoms with Gasteiger partial charge in [-0.2, -0.15) is 0 Å². The fourth-order valence-corrected chi connectivity index (χ4v) is 11.5. The van der Waals surface area contributed by atoms with Gasteiger partial charge in [0, 0.05) is 0 Å². The minimum Gasteiger partial charge on any atom is -0.459 e. The Morgan fingerprint density at radius 3 is 2.23 bits per heavy atom. The third-order valence-corrected chi connectivity index (χ3v) is 13.7. The Labute approximate surface area is 245 Å². The fourth-order valence-electron chi connectivity index (χ4n) is 11.5. The van der Waals surface area contributed by atoms with E-state index in [-0.39, 0.29) is 12.1 Å². The number of aryl methyl sites for hydroxylation is 1. The largest absolute Gasteiger partial charge is 0.459 e. The maximum Gasteiger partial charge on any atom is 0.338 e. The van der Waals surface area contributed by atoms with Gasteiger partial charge in [-0.25, -0.2) is 4.79 Å². The molecule has 0 N–H and O–H groups in total. The molecule has 10 unspecified atom stereocenters. The van der Waals surface area contributed by atoms with Crippen molar-refractivity contribution in [1.29, 1.82) is 0 Å². The lowest BCUT2D eigenvalue weighted by Crippen LogP contribution is -2.57. The van der Waals surface area contributed by atoms with Gasteiger partial charge in [0.1, 0.15) is 6.10 Å². The van der Waals surface area contributed by atoms with Crippen molar-refractivity contribution in [2.45, 2.75) is 131 Å². The SMILES string of the molecule is Cc1ccc(C(=O)OC2CCC3(C)C(C2)C(C2CC2)CC2C4CCC(C(C)CCCC(C)C)C4(C)CCC23)cc1. The van der Waals surface area contributed by atoms with Gasteiger partial charge in [-0.05, 0) is 147 Å². The van der Waals surface area contributed by atoms with Crippen LogP contribution in [-0.4, -0.2) is 12.1 Å². The fraction of sp³-hybridized carbons (Fsp3) is 0.816. The number of hydrogen-bond acceptors (Lipinski definition) is 2. The number of carbonyl (C=O) groups is 1. The Morgan fingerprint density at radius 2 is 1.52 bits per heavy atom. The standard InChI is InChI=1S/C38H58O2/c1-24(2)8-7-9-26(4)32-16-17-33-31-23-30(27-14-15-27)35-22-29(40-36(39)28-12-10-25(3)11-13-28)18-20-38(35,6)34(31)19-21-37(32,33)5/h10-13,24,26-27,29-35H,7-9,14-23H2,1-6H3. The average molecular weight is 547 g/mol. The second-order valence-corrected chi connectivity index (χ2v) is 16.4. The molecular weight excluding hydrogens is 488 g/mol. The zero-order valence-corrected chi connectivity index (χ0v) is 26.6. The van der Waals surface area contributed by atoms with Crippen LogP contribution < -0.4 is 0 Å². The van der Waals surface area contributed by atoms with E-state index in [4.69, 9.17) is 4.74 Å². The summed E-state index contributed by atoms with van der Waals surface area (Å²) in [6.45, 7) is 14.9. The Morgan fingerprint density at radius 1 is 0.825 bits per heavy atom. The molecule has 10 atom stereocenters. The van der Waals surface area contributed by atoms with Crippen LogP contribution in [0.2, 0.25) is 0 Å². The monoisotopic (exact) mass is 546 g/mol. The van der Waals surface area contributed by atoms with Gasteiger partial charge >= 0.3 is 5.97 Å². The van der Waals surface area contributed by atoms with Gasteiger partial charge in [0.05, 0.1) is 5.56 Å². The van der Waals surface area contributed by atoms with Crippen LogP contribution >= 0.6 is 0 Å². The molecule has 1 aromatic rings. The smallest absolute Gasteiger partial charge is 0.338 e. The third-order valence-electron chi connectivity index (χ3n) is 13.7. The van der Waals surface area contributed by atoms with Gasteiger partial charge in [0.2, 0.25) is 0 Å². The second-order valence-electron chi connectivity index (χ2n) is 16.4. The maximum atomic E-state index is 13.0. The van der Waals surface area contributed by atoms with Crippen molar-refractivity contribution in [2.24, 2.45) is 64.1 Å². The van der Waals surface area contributed by atoms with Crippen LogP contribution in [0.1, 0.15) is 134 Å². The summed E-state index contributed by atoms with van der Waals surface area (Å²) < 4.78 is 6.23. The van der Waals surface area contributed by atoms with E-state index in [1.165, 1.54) is 76.2 Å². The average Bonchev–Trinajstić information content (AvgIpc) is 3.69. The minimum atomic E-state index is -0.113. The summed E-state index contributed by atoms with van der Waals surface area (Å²) in [4.78, 5) is 13.0. The van der Waals surface area contributed by atoms with E-state index in [1.54, 1.807) is 0 Å². The zero-order chi connectivity index (χ0) is 28.2. The first-order valence-corrected chi connectivity index (χ1v) is 17.4. The van der Waals surface area contributed by atoms with Gasteiger partial charge < -0.3 is 4.74 Å². The van der Waals surface area contributed by atoms with Crippen molar-refractivity contribution in [3.63, 3.8) is 0 Å². The molecule has 0 aromatic heterocycles. The van der Waals surface area contributed by atoms with Gasteiger partial charge in [0.15, 0.2) is 0 Å². The van der Waals surface area contributed by atoms with Gasteiger partial charge in [-0.3, -0.25) is 0 Å². The number of esters is 1. The van der Waals surface area contributed by atoms with Gasteiger partial charge in [0.25, 0.3) is 0 Å². The lowest BCUT2D eigenvalue weighted by Gasteiger charge is -2.63. The van der Waals surface area contributed by atoms with Crippen LogP contribution in [0.15, 0.2) is 24.3 Å². The highest BCUT2D eigenvalue weighted by Crippen LogP contribution is 2.71. The summed E-state index contributed by atoms with van der Waals surface area (Å²) in [6, 6.07) is 7.91. The van der Waals surface area contributed by atoms with Gasteiger partial charge in [-0.1, -0.05) is 71.6 Å². The Balaban J connectivity index is 1.17. The first kappa shape index (κ1) is 28.8. The molecule has 0 saturated heterocycles. The van der Waals surface area contributed by atoms with E-state index >= 15 is 0 Å². The molecule has 5 saturated carbocycles. The van der Waals surface area contributed by atoms with Crippen LogP contribution in [-0.2, 0) is 4.74 Å². The minimum absolute atomic E-state index is 0.0982. The number of hydrogen-bond donors (Lipinski definition) is 0. The van der Waals surface area contributed by atoms with Crippen molar-refractivity contribution in [3.05, 3.63) is 35.4 Å². The quantitative estimate of drug-likeness (QED) is 0.303. The summed E-state index contributed by atoms with van der Waals surface area (Å²) in [5.74, 6) is 7.85. The maximum absolute atomic E-state index is 13.0. The highest BCUT2D eigenvalue weighted by atomic mass is 16.5. The summed E-state index contributed by atoms with van der Waals surface area (Å²) in [5, 5.41) is 0. The van der Waals surface area contributed by atoms with Crippen molar-refractivity contribution < 1.29 is 9.53 Å². The van der Waals surface area contributed by atoms with E-state index in [9.17, 15) is 4.79 Å². The first-order valence-electron chi connectivity index (χ1n) is 17.4. The Bertz CT molecular complexity index is 1040. The van der Waals surface area contributed by atoms with Crippen molar-refractivity contribution in [3.8, 4) is 0 Å². The van der Waals surface area contributed by atoms with Crippen LogP contribution in [0.4, 0.5) is 0 Å². The Hall–Kier alpha value is -1.31. The lowest BCUT2D eigenvalue weighted by atomic mass is 9.42. The molecule has 40 heavy (non-hydrogen) atoms. The number of rotatable bonds is 8. The number of fused-ring (bicyclic) bond motifs is 5. The normalized spacial score (nSPS) is 41.6. The molecule has 0 aliphatic heterocycles. The zero-order valence-electron chi connectivity index (χ0n) is 26.6. The molecule has 0 heterocycles. The van der Waals surface area contributed by atoms with Crippen LogP contribution in [0.5, 0.6) is 0 Å². The molecule has 5 aliphatic rings. The van der Waals surface area contributed by atoms with E-state index in [2.05, 4.69) is 41.5 Å². The molecule has 2 heteroatoms. The summed E-state index contributed by atoms with van der Waals surface area (Å²) in [6.07, 6.45) is 18.0. The van der Waals surface area contributed by atoms with E-state index in [1.807, 2.05) is 24.3 Å². The Kier molecular flexibility index (Phi) is 7.97. The van der Waals surface area contributed by atoms with Crippen LogP contribution in [0.25, 0.3) is 0 Å². The highest BCUT2D eigenvalue weighted by Gasteiger charge is 2.63. The molecule has 2 nitrogen and oxygen atoms in total.